The lowest BCUT2D eigenvalue weighted by molar-refractivity contribution is -0.131. The van der Waals surface area contributed by atoms with Crippen LogP contribution < -0.4 is 5.32 Å². The predicted octanol–water partition coefficient (Wildman–Crippen LogP) is 1.26. The average molecular weight is 408 g/mol. The Bertz CT molecular complexity index is 981. The number of nitrogens with zero attached hydrogens (tertiary/aromatic N) is 4. The van der Waals surface area contributed by atoms with E-state index in [1.54, 1.807) is 12.1 Å². The maximum Gasteiger partial charge on any atom is 0.242 e. The van der Waals surface area contributed by atoms with Gasteiger partial charge < -0.3 is 9.88 Å². The summed E-state index contributed by atoms with van der Waals surface area (Å²) in [6.45, 7) is 8.79. The van der Waals surface area contributed by atoms with E-state index in [1.165, 1.54) is 18.4 Å². The first kappa shape index (κ1) is 20.8. The third-order valence-corrected chi connectivity index (χ3v) is 7.04. The van der Waals surface area contributed by atoms with Gasteiger partial charge in [-0.25, -0.2) is 17.7 Å². The summed E-state index contributed by atoms with van der Waals surface area (Å²) in [4.78, 5) is 19.5. The molecule has 1 atom stereocenters. The normalized spacial score (nSPS) is 19.0. The lowest BCUT2D eigenvalue weighted by Crippen LogP contribution is -2.57. The molecule has 0 spiro atoms. The van der Waals surface area contributed by atoms with Gasteiger partial charge in [-0.2, -0.15) is 0 Å². The highest BCUT2D eigenvalue weighted by molar-refractivity contribution is 7.89. The first-order chi connectivity index (χ1) is 13.2. The quantitative estimate of drug-likeness (QED) is 0.779. The molecule has 1 unspecified atom stereocenters. The second kappa shape index (κ2) is 7.81. The van der Waals surface area contributed by atoms with E-state index in [-0.39, 0.29) is 22.8 Å². The molecule has 28 heavy (non-hydrogen) atoms. The van der Waals surface area contributed by atoms with Gasteiger partial charge in [0.05, 0.1) is 28.5 Å². The van der Waals surface area contributed by atoms with E-state index in [9.17, 15) is 13.2 Å². The van der Waals surface area contributed by atoms with E-state index in [0.29, 0.717) is 18.6 Å². The summed E-state index contributed by atoms with van der Waals surface area (Å²) in [7, 11) is -0.479. The van der Waals surface area contributed by atoms with Crippen LogP contribution in [0.25, 0.3) is 11.0 Å². The van der Waals surface area contributed by atoms with Crippen LogP contribution in [0.1, 0.15) is 26.6 Å². The van der Waals surface area contributed by atoms with Crippen molar-refractivity contribution in [2.75, 3.05) is 27.2 Å². The van der Waals surface area contributed by atoms with E-state index in [4.69, 9.17) is 4.98 Å². The van der Waals surface area contributed by atoms with Gasteiger partial charge in [0, 0.05) is 33.7 Å². The Hall–Kier alpha value is -1.97. The van der Waals surface area contributed by atoms with Crippen molar-refractivity contribution >= 4 is 27.0 Å². The molecule has 1 saturated heterocycles. The molecular weight excluding hydrogens is 378 g/mol. The minimum atomic E-state index is -3.51. The van der Waals surface area contributed by atoms with Crippen molar-refractivity contribution in [3.8, 4) is 0 Å². The molecule has 1 fully saturated rings. The second-order valence-electron chi connectivity index (χ2n) is 7.66. The summed E-state index contributed by atoms with van der Waals surface area (Å²) in [5.74, 6) is 1.09. The van der Waals surface area contributed by atoms with Gasteiger partial charge in [0.15, 0.2) is 0 Å². The number of benzene rings is 1. The highest BCUT2D eigenvalue weighted by Crippen LogP contribution is 2.24. The van der Waals surface area contributed by atoms with Crippen molar-refractivity contribution in [1.29, 1.82) is 0 Å². The zero-order valence-electron chi connectivity index (χ0n) is 17.1. The molecule has 0 radical (unpaired) electrons. The summed E-state index contributed by atoms with van der Waals surface area (Å²) in [6, 6.07) is 4.88. The van der Waals surface area contributed by atoms with Crippen molar-refractivity contribution in [1.82, 2.24) is 24.1 Å². The highest BCUT2D eigenvalue weighted by Gasteiger charge is 2.33. The second-order valence-corrected chi connectivity index (χ2v) is 9.81. The van der Waals surface area contributed by atoms with E-state index in [0.717, 1.165) is 24.4 Å². The van der Waals surface area contributed by atoms with Gasteiger partial charge in [0.2, 0.25) is 15.9 Å². The Morgan fingerprint density at radius 2 is 2.04 bits per heavy atom. The zero-order chi connectivity index (χ0) is 20.6. The van der Waals surface area contributed by atoms with Crippen molar-refractivity contribution < 1.29 is 13.2 Å². The molecule has 8 nitrogen and oxygen atoms in total. The van der Waals surface area contributed by atoms with Crippen LogP contribution in [0.2, 0.25) is 0 Å². The summed E-state index contributed by atoms with van der Waals surface area (Å²) in [5.41, 5.74) is 1.56. The van der Waals surface area contributed by atoms with Crippen LogP contribution in [0.3, 0.4) is 0 Å². The Morgan fingerprint density at radius 1 is 1.32 bits per heavy atom. The van der Waals surface area contributed by atoms with Gasteiger partial charge in [0.1, 0.15) is 5.82 Å². The number of aryl methyl sites for hydroxylation is 1. The topological polar surface area (TPSA) is 87.5 Å². The number of imidazole rings is 1. The number of hydrogen-bond acceptors (Lipinski definition) is 5. The molecule has 0 aliphatic carbocycles. The third-order valence-electron chi connectivity index (χ3n) is 5.23. The number of aromatic nitrogens is 2. The Morgan fingerprint density at radius 3 is 2.64 bits per heavy atom. The average Bonchev–Trinajstić information content (AvgIpc) is 2.97. The summed E-state index contributed by atoms with van der Waals surface area (Å²) in [6.07, 6.45) is 0. The molecule has 1 aliphatic rings. The van der Waals surface area contributed by atoms with Gasteiger partial charge in [0.25, 0.3) is 0 Å². The summed E-state index contributed by atoms with van der Waals surface area (Å²) < 4.78 is 28.2. The molecule has 1 N–H and O–H groups in total. The van der Waals surface area contributed by atoms with Crippen molar-refractivity contribution in [2.24, 2.45) is 5.92 Å². The fourth-order valence-electron chi connectivity index (χ4n) is 3.82. The number of carbonyl (C=O) groups is 1. The van der Waals surface area contributed by atoms with E-state index in [1.807, 2.05) is 26.8 Å². The maximum absolute atomic E-state index is 12.4. The maximum atomic E-state index is 12.4. The molecule has 1 aromatic carbocycles. The van der Waals surface area contributed by atoms with Crippen LogP contribution in [0.4, 0.5) is 0 Å². The van der Waals surface area contributed by atoms with Crippen LogP contribution in [0, 0.1) is 5.92 Å². The number of sulfonamides is 1. The third kappa shape index (κ3) is 3.66. The first-order valence-corrected chi connectivity index (χ1v) is 11.0. The lowest BCUT2D eigenvalue weighted by Gasteiger charge is -2.37. The van der Waals surface area contributed by atoms with Gasteiger partial charge in [-0.3, -0.25) is 9.69 Å². The van der Waals surface area contributed by atoms with Crippen molar-refractivity contribution in [2.45, 2.75) is 44.8 Å². The van der Waals surface area contributed by atoms with E-state index < -0.39 is 10.0 Å². The predicted molar refractivity (Wildman–Crippen MR) is 108 cm³/mol. The van der Waals surface area contributed by atoms with Crippen LogP contribution >= 0.6 is 0 Å². The van der Waals surface area contributed by atoms with Gasteiger partial charge in [-0.1, -0.05) is 13.8 Å². The molecule has 2 aromatic rings. The number of hydrogen-bond donors (Lipinski definition) is 1. The molecule has 1 aromatic heterocycles. The monoisotopic (exact) mass is 407 g/mol. The smallest absolute Gasteiger partial charge is 0.242 e. The highest BCUT2D eigenvalue weighted by atomic mass is 32.2. The number of piperazine rings is 1. The molecule has 0 saturated carbocycles. The molecule has 1 aliphatic heterocycles. The minimum absolute atomic E-state index is 0.0553. The van der Waals surface area contributed by atoms with Gasteiger partial charge >= 0.3 is 0 Å². The molecule has 0 bridgehead atoms. The number of fused-ring (bicyclic) bond motifs is 1. The standard InChI is InChI=1S/C19H29N5O3S/c1-6-24-16-8-7-14(28(26,27)22(4)5)11-15(16)21-17(24)12-23-10-9-20-19(25)18(23)13(2)3/h7-8,11,13,18H,6,9-10,12H2,1-5H3,(H,20,25). The van der Waals surface area contributed by atoms with Crippen molar-refractivity contribution in [3.63, 3.8) is 0 Å². The van der Waals surface area contributed by atoms with Crippen LogP contribution in [-0.4, -0.2) is 66.3 Å². The Balaban J connectivity index is 2.00. The number of amides is 1. The fraction of sp³-hybridized carbons (Fsp3) is 0.579. The van der Waals surface area contributed by atoms with Crippen LogP contribution in [0.5, 0.6) is 0 Å². The summed E-state index contributed by atoms with van der Waals surface area (Å²) >= 11 is 0. The first-order valence-electron chi connectivity index (χ1n) is 9.60. The number of carbonyl (C=O) groups excluding carboxylic acids is 1. The molecular formula is C19H29N5O3S. The largest absolute Gasteiger partial charge is 0.353 e. The Kier molecular flexibility index (Phi) is 5.79. The lowest BCUT2D eigenvalue weighted by atomic mass is 10.00. The van der Waals surface area contributed by atoms with E-state index in [2.05, 4.69) is 14.8 Å². The zero-order valence-corrected chi connectivity index (χ0v) is 18.0. The minimum Gasteiger partial charge on any atom is -0.353 e. The van der Waals surface area contributed by atoms with Crippen molar-refractivity contribution in [3.05, 3.63) is 24.0 Å². The molecule has 3 rings (SSSR count). The molecule has 9 heteroatoms. The molecule has 2 heterocycles. The Labute approximate surface area is 166 Å². The molecule has 154 valence electrons. The van der Waals surface area contributed by atoms with Gasteiger partial charge in [-0.05, 0) is 31.0 Å². The summed E-state index contributed by atoms with van der Waals surface area (Å²) in [5, 5.41) is 2.94. The van der Waals surface area contributed by atoms with E-state index >= 15 is 0 Å². The number of rotatable bonds is 6. The number of nitrogens with one attached hydrogen (secondary N) is 1. The molecule has 1 amide bonds. The van der Waals surface area contributed by atoms with Crippen LogP contribution in [-0.2, 0) is 27.9 Å². The van der Waals surface area contributed by atoms with Crippen LogP contribution in [0.15, 0.2) is 23.1 Å². The fourth-order valence-corrected chi connectivity index (χ4v) is 4.74. The van der Waals surface area contributed by atoms with Gasteiger partial charge in [-0.15, -0.1) is 0 Å². The SMILES string of the molecule is CCn1c(CN2CCNC(=O)C2C(C)C)nc2cc(S(=O)(=O)N(C)C)ccc21.